The van der Waals surface area contributed by atoms with Crippen molar-refractivity contribution in [2.24, 2.45) is 5.92 Å². The van der Waals surface area contributed by atoms with Crippen LogP contribution in [0.25, 0.3) is 0 Å². The van der Waals surface area contributed by atoms with Crippen molar-refractivity contribution in [3.8, 4) is 0 Å². The summed E-state index contributed by atoms with van der Waals surface area (Å²) in [4.78, 5) is 2.27. The molecule has 5 nitrogen and oxygen atoms in total. The summed E-state index contributed by atoms with van der Waals surface area (Å²) < 4.78 is 25.6. The fourth-order valence-electron chi connectivity index (χ4n) is 2.47. The average Bonchev–Trinajstić information content (AvgIpc) is 2.53. The van der Waals surface area contributed by atoms with Crippen LogP contribution in [0, 0.1) is 5.92 Å². The SMILES string of the molecule is CN1CCC(CN2CCNCCS2(=O)=O)C1. The molecule has 0 bridgehead atoms. The van der Waals surface area contributed by atoms with Gasteiger partial charge in [-0.25, -0.2) is 12.7 Å². The smallest absolute Gasteiger partial charge is 0.215 e. The quantitative estimate of drug-likeness (QED) is 0.692. The first-order chi connectivity index (χ1) is 7.58. The van der Waals surface area contributed by atoms with Crippen molar-refractivity contribution < 1.29 is 8.42 Å². The highest BCUT2D eigenvalue weighted by Crippen LogP contribution is 2.17. The Morgan fingerprint density at radius 2 is 2.12 bits per heavy atom. The van der Waals surface area contributed by atoms with Gasteiger partial charge in [0, 0.05) is 32.7 Å². The summed E-state index contributed by atoms with van der Waals surface area (Å²) in [6.45, 7) is 4.82. The maximum atomic E-state index is 11.9. The summed E-state index contributed by atoms with van der Waals surface area (Å²) >= 11 is 0. The summed E-state index contributed by atoms with van der Waals surface area (Å²) in [5, 5.41) is 3.14. The van der Waals surface area contributed by atoms with E-state index in [1.165, 1.54) is 0 Å². The number of nitrogens with zero attached hydrogens (tertiary/aromatic N) is 2. The normalized spacial score (nSPS) is 32.7. The lowest BCUT2D eigenvalue weighted by atomic mass is 10.1. The minimum absolute atomic E-state index is 0.246. The van der Waals surface area contributed by atoms with Crippen LogP contribution < -0.4 is 5.32 Å². The molecule has 2 rings (SSSR count). The van der Waals surface area contributed by atoms with Crippen LogP contribution in [0.3, 0.4) is 0 Å². The fraction of sp³-hybridized carbons (Fsp3) is 1.00. The predicted octanol–water partition coefficient (Wildman–Crippen LogP) is -0.827. The molecule has 0 aromatic rings. The summed E-state index contributed by atoms with van der Waals surface area (Å²) in [6, 6.07) is 0. The van der Waals surface area contributed by atoms with Crippen molar-refractivity contribution in [2.45, 2.75) is 6.42 Å². The second kappa shape index (κ2) is 5.00. The number of nitrogens with one attached hydrogen (secondary N) is 1. The standard InChI is InChI=1S/C10H21N3O2S/c1-12-5-2-10(8-12)9-13-6-3-11-4-7-16(13,14)15/h10-11H,2-9H2,1H3. The van der Waals surface area contributed by atoms with Crippen LogP contribution in [-0.2, 0) is 10.0 Å². The molecule has 2 saturated heterocycles. The molecule has 0 spiro atoms. The fourth-order valence-corrected chi connectivity index (χ4v) is 3.93. The van der Waals surface area contributed by atoms with Gasteiger partial charge in [-0.3, -0.25) is 0 Å². The molecule has 16 heavy (non-hydrogen) atoms. The molecule has 1 N–H and O–H groups in total. The van der Waals surface area contributed by atoms with Gasteiger partial charge in [0.2, 0.25) is 10.0 Å². The van der Waals surface area contributed by atoms with Gasteiger partial charge in [-0.05, 0) is 25.9 Å². The Labute approximate surface area is 97.8 Å². The number of hydrogen-bond acceptors (Lipinski definition) is 4. The molecule has 94 valence electrons. The van der Waals surface area contributed by atoms with E-state index in [-0.39, 0.29) is 5.75 Å². The van der Waals surface area contributed by atoms with E-state index in [0.717, 1.165) is 26.1 Å². The number of rotatable bonds is 2. The van der Waals surface area contributed by atoms with Crippen LogP contribution in [0.15, 0.2) is 0 Å². The highest BCUT2D eigenvalue weighted by Gasteiger charge is 2.29. The Hall–Kier alpha value is -0.170. The summed E-state index contributed by atoms with van der Waals surface area (Å²) in [6.07, 6.45) is 1.12. The van der Waals surface area contributed by atoms with Crippen molar-refractivity contribution in [1.29, 1.82) is 0 Å². The Morgan fingerprint density at radius 1 is 1.31 bits per heavy atom. The first kappa shape index (κ1) is 12.3. The van der Waals surface area contributed by atoms with E-state index in [0.29, 0.717) is 25.6 Å². The van der Waals surface area contributed by atoms with Crippen molar-refractivity contribution in [3.63, 3.8) is 0 Å². The van der Waals surface area contributed by atoms with Gasteiger partial charge in [0.05, 0.1) is 5.75 Å². The van der Waals surface area contributed by atoms with Gasteiger partial charge >= 0.3 is 0 Å². The van der Waals surface area contributed by atoms with Gasteiger partial charge < -0.3 is 10.2 Å². The molecule has 0 aliphatic carbocycles. The molecule has 2 fully saturated rings. The summed E-state index contributed by atoms with van der Waals surface area (Å²) in [7, 11) is -0.917. The zero-order chi connectivity index (χ0) is 11.6. The molecular formula is C10H21N3O2S. The zero-order valence-corrected chi connectivity index (χ0v) is 10.7. The minimum atomic E-state index is -3.01. The molecule has 0 aromatic heterocycles. The molecule has 0 aromatic carbocycles. The molecule has 6 heteroatoms. The first-order valence-corrected chi connectivity index (χ1v) is 7.56. The third kappa shape index (κ3) is 2.94. The van der Waals surface area contributed by atoms with Gasteiger partial charge in [0.15, 0.2) is 0 Å². The topological polar surface area (TPSA) is 52.6 Å². The van der Waals surface area contributed by atoms with Crippen molar-refractivity contribution in [2.75, 3.05) is 52.1 Å². The first-order valence-electron chi connectivity index (χ1n) is 5.95. The van der Waals surface area contributed by atoms with Gasteiger partial charge in [-0.15, -0.1) is 0 Å². The van der Waals surface area contributed by atoms with Crippen LogP contribution in [0.1, 0.15) is 6.42 Å². The van der Waals surface area contributed by atoms with Crippen LogP contribution in [0.5, 0.6) is 0 Å². The molecule has 2 aliphatic rings. The number of likely N-dealkylation sites (tertiary alicyclic amines) is 1. The second-order valence-corrected chi connectivity index (χ2v) is 6.93. The van der Waals surface area contributed by atoms with E-state index in [4.69, 9.17) is 0 Å². The Balaban J connectivity index is 1.96. The van der Waals surface area contributed by atoms with Crippen LogP contribution >= 0.6 is 0 Å². The molecule has 0 radical (unpaired) electrons. The van der Waals surface area contributed by atoms with Crippen molar-refractivity contribution in [3.05, 3.63) is 0 Å². The molecule has 2 heterocycles. The van der Waals surface area contributed by atoms with E-state index in [1.807, 2.05) is 0 Å². The van der Waals surface area contributed by atoms with Gasteiger partial charge in [-0.1, -0.05) is 0 Å². The largest absolute Gasteiger partial charge is 0.314 e. The van der Waals surface area contributed by atoms with Gasteiger partial charge in [-0.2, -0.15) is 0 Å². The van der Waals surface area contributed by atoms with E-state index in [1.54, 1.807) is 4.31 Å². The summed E-state index contributed by atoms with van der Waals surface area (Å²) in [5.74, 6) is 0.758. The lowest BCUT2D eigenvalue weighted by Gasteiger charge is -2.22. The monoisotopic (exact) mass is 247 g/mol. The van der Waals surface area contributed by atoms with E-state index in [2.05, 4.69) is 17.3 Å². The zero-order valence-electron chi connectivity index (χ0n) is 9.85. The van der Waals surface area contributed by atoms with Crippen molar-refractivity contribution >= 4 is 10.0 Å². The molecule has 0 amide bonds. The lowest BCUT2D eigenvalue weighted by Crippen LogP contribution is -2.38. The van der Waals surface area contributed by atoms with Crippen LogP contribution in [0.2, 0.25) is 0 Å². The van der Waals surface area contributed by atoms with Gasteiger partial charge in [0.1, 0.15) is 0 Å². The van der Waals surface area contributed by atoms with E-state index in [9.17, 15) is 8.42 Å². The maximum absolute atomic E-state index is 11.9. The third-order valence-corrected chi connectivity index (χ3v) is 5.26. The predicted molar refractivity (Wildman–Crippen MR) is 63.8 cm³/mol. The Bertz CT molecular complexity index is 331. The minimum Gasteiger partial charge on any atom is -0.314 e. The maximum Gasteiger partial charge on any atom is 0.215 e. The second-order valence-electron chi connectivity index (χ2n) is 4.84. The molecule has 1 atom stereocenters. The average molecular weight is 247 g/mol. The van der Waals surface area contributed by atoms with Crippen LogP contribution in [-0.4, -0.2) is 69.7 Å². The Kier molecular flexibility index (Phi) is 3.84. The number of hydrogen-bond donors (Lipinski definition) is 1. The molecule has 1 unspecified atom stereocenters. The molecular weight excluding hydrogens is 226 g/mol. The highest BCUT2D eigenvalue weighted by molar-refractivity contribution is 7.89. The van der Waals surface area contributed by atoms with Gasteiger partial charge in [0.25, 0.3) is 0 Å². The van der Waals surface area contributed by atoms with Crippen molar-refractivity contribution in [1.82, 2.24) is 14.5 Å². The Morgan fingerprint density at radius 3 is 2.81 bits per heavy atom. The molecule has 2 aliphatic heterocycles. The summed E-state index contributed by atoms with van der Waals surface area (Å²) in [5.41, 5.74) is 0. The highest BCUT2D eigenvalue weighted by atomic mass is 32.2. The van der Waals surface area contributed by atoms with Crippen LogP contribution in [0.4, 0.5) is 0 Å². The lowest BCUT2D eigenvalue weighted by molar-refractivity contribution is 0.334. The van der Waals surface area contributed by atoms with E-state index < -0.39 is 10.0 Å². The molecule has 0 saturated carbocycles. The third-order valence-electron chi connectivity index (χ3n) is 3.42. The van der Waals surface area contributed by atoms with E-state index >= 15 is 0 Å². The number of sulfonamides is 1.